The van der Waals surface area contributed by atoms with Gasteiger partial charge < -0.3 is 11.1 Å². The largest absolute Gasteiger partial charge is 0.397 e. The van der Waals surface area contributed by atoms with Crippen LogP contribution in [0.1, 0.15) is 61.5 Å². The molecule has 0 spiro atoms. The van der Waals surface area contributed by atoms with Gasteiger partial charge in [0.25, 0.3) is 5.91 Å². The van der Waals surface area contributed by atoms with Gasteiger partial charge in [-0.1, -0.05) is 39.0 Å². The lowest BCUT2D eigenvalue weighted by Crippen LogP contribution is -2.25. The fraction of sp³-hybridized carbons (Fsp3) is 0.600. The average molecular weight is 263 g/mol. The molecule has 0 atom stereocenters. The third-order valence-electron chi connectivity index (χ3n) is 3.17. The molecule has 1 aromatic heterocycles. The van der Waals surface area contributed by atoms with E-state index >= 15 is 0 Å². The first-order chi connectivity index (χ1) is 9.15. The van der Waals surface area contributed by atoms with Crippen LogP contribution in [0.15, 0.2) is 12.3 Å². The SMILES string of the molecule is CCCCCCCCNC(=O)c1cc(N)cnc1C. The molecular formula is C15H25N3O. The molecule has 0 fully saturated rings. The van der Waals surface area contributed by atoms with Crippen LogP contribution in [-0.4, -0.2) is 17.4 Å². The van der Waals surface area contributed by atoms with Gasteiger partial charge in [0.15, 0.2) is 0 Å². The Morgan fingerprint density at radius 2 is 1.95 bits per heavy atom. The maximum atomic E-state index is 11.9. The summed E-state index contributed by atoms with van der Waals surface area (Å²) in [7, 11) is 0. The second-order valence-corrected chi connectivity index (χ2v) is 4.93. The van der Waals surface area contributed by atoms with Crippen LogP contribution in [0.5, 0.6) is 0 Å². The fourth-order valence-electron chi connectivity index (χ4n) is 1.98. The Hall–Kier alpha value is -1.58. The van der Waals surface area contributed by atoms with E-state index in [1.807, 2.05) is 6.92 Å². The number of pyridine rings is 1. The van der Waals surface area contributed by atoms with Crippen LogP contribution in [-0.2, 0) is 0 Å². The molecule has 0 aliphatic carbocycles. The highest BCUT2D eigenvalue weighted by Crippen LogP contribution is 2.09. The summed E-state index contributed by atoms with van der Waals surface area (Å²) < 4.78 is 0. The minimum absolute atomic E-state index is 0.0779. The number of hydrogen-bond donors (Lipinski definition) is 2. The Labute approximate surface area is 115 Å². The molecule has 1 rings (SSSR count). The van der Waals surface area contributed by atoms with E-state index in [0.29, 0.717) is 11.3 Å². The maximum Gasteiger partial charge on any atom is 0.253 e. The van der Waals surface area contributed by atoms with Crippen LogP contribution in [0.2, 0.25) is 0 Å². The summed E-state index contributed by atoms with van der Waals surface area (Å²) >= 11 is 0. The number of nitrogens with zero attached hydrogens (tertiary/aromatic N) is 1. The van der Waals surface area contributed by atoms with Gasteiger partial charge in [-0.2, -0.15) is 0 Å². The third-order valence-corrected chi connectivity index (χ3v) is 3.17. The van der Waals surface area contributed by atoms with Gasteiger partial charge in [-0.05, 0) is 19.4 Å². The van der Waals surface area contributed by atoms with Crippen molar-refractivity contribution in [1.29, 1.82) is 0 Å². The van der Waals surface area contributed by atoms with E-state index in [1.165, 1.54) is 32.1 Å². The highest BCUT2D eigenvalue weighted by molar-refractivity contribution is 5.95. The van der Waals surface area contributed by atoms with Crippen molar-refractivity contribution in [2.75, 3.05) is 12.3 Å². The van der Waals surface area contributed by atoms with Crippen molar-refractivity contribution >= 4 is 11.6 Å². The minimum Gasteiger partial charge on any atom is -0.397 e. The zero-order chi connectivity index (χ0) is 14.1. The Kier molecular flexibility index (Phi) is 6.93. The molecule has 0 bridgehead atoms. The van der Waals surface area contributed by atoms with Gasteiger partial charge in [-0.25, -0.2) is 0 Å². The van der Waals surface area contributed by atoms with Crippen molar-refractivity contribution in [2.24, 2.45) is 0 Å². The van der Waals surface area contributed by atoms with Gasteiger partial charge in [-0.15, -0.1) is 0 Å². The molecular weight excluding hydrogens is 238 g/mol. The lowest BCUT2D eigenvalue weighted by Gasteiger charge is -2.07. The average Bonchev–Trinajstić information content (AvgIpc) is 2.40. The predicted octanol–water partition coefficient (Wildman–Crippen LogP) is 3.06. The first-order valence-corrected chi connectivity index (χ1v) is 7.15. The molecule has 19 heavy (non-hydrogen) atoms. The number of nitrogens with one attached hydrogen (secondary N) is 1. The molecule has 4 nitrogen and oxygen atoms in total. The van der Waals surface area contributed by atoms with Crippen LogP contribution in [0.3, 0.4) is 0 Å². The van der Waals surface area contributed by atoms with E-state index < -0.39 is 0 Å². The molecule has 4 heteroatoms. The number of aromatic nitrogens is 1. The minimum atomic E-state index is -0.0779. The molecule has 1 heterocycles. The summed E-state index contributed by atoms with van der Waals surface area (Å²) in [4.78, 5) is 16.0. The lowest BCUT2D eigenvalue weighted by molar-refractivity contribution is 0.0952. The molecule has 0 radical (unpaired) electrons. The van der Waals surface area contributed by atoms with Gasteiger partial charge in [0.1, 0.15) is 0 Å². The number of carbonyl (C=O) groups is 1. The van der Waals surface area contributed by atoms with Crippen LogP contribution < -0.4 is 11.1 Å². The first-order valence-electron chi connectivity index (χ1n) is 7.15. The van der Waals surface area contributed by atoms with E-state index in [-0.39, 0.29) is 5.91 Å². The third kappa shape index (κ3) is 5.73. The summed E-state index contributed by atoms with van der Waals surface area (Å²) in [5, 5.41) is 2.92. The van der Waals surface area contributed by atoms with Crippen molar-refractivity contribution in [3.63, 3.8) is 0 Å². The normalized spacial score (nSPS) is 10.4. The number of anilines is 1. The predicted molar refractivity (Wildman–Crippen MR) is 79.1 cm³/mol. The smallest absolute Gasteiger partial charge is 0.253 e. The number of carbonyl (C=O) groups excluding carboxylic acids is 1. The zero-order valence-electron chi connectivity index (χ0n) is 12.0. The topological polar surface area (TPSA) is 68.0 Å². The highest BCUT2D eigenvalue weighted by atomic mass is 16.1. The molecule has 0 aromatic carbocycles. The molecule has 0 saturated carbocycles. The molecule has 0 unspecified atom stereocenters. The van der Waals surface area contributed by atoms with Crippen LogP contribution in [0, 0.1) is 6.92 Å². The van der Waals surface area contributed by atoms with E-state index in [0.717, 1.165) is 18.7 Å². The lowest BCUT2D eigenvalue weighted by atomic mass is 10.1. The van der Waals surface area contributed by atoms with Gasteiger partial charge in [-0.3, -0.25) is 9.78 Å². The van der Waals surface area contributed by atoms with E-state index in [9.17, 15) is 4.79 Å². The summed E-state index contributed by atoms with van der Waals surface area (Å²) in [6.07, 6.45) is 8.89. The van der Waals surface area contributed by atoms with Gasteiger partial charge >= 0.3 is 0 Å². The number of unbranched alkanes of at least 4 members (excludes halogenated alkanes) is 5. The molecule has 0 aliphatic rings. The van der Waals surface area contributed by atoms with Crippen molar-refractivity contribution in [3.8, 4) is 0 Å². The van der Waals surface area contributed by atoms with E-state index in [4.69, 9.17) is 5.73 Å². The number of aryl methyl sites for hydroxylation is 1. The molecule has 106 valence electrons. The zero-order valence-corrected chi connectivity index (χ0v) is 12.0. The summed E-state index contributed by atoms with van der Waals surface area (Å²) in [5.74, 6) is -0.0779. The number of nitrogens with two attached hydrogens (primary N) is 1. The molecule has 3 N–H and O–H groups in total. The Morgan fingerprint density at radius 1 is 1.26 bits per heavy atom. The quantitative estimate of drug-likeness (QED) is 0.708. The Morgan fingerprint density at radius 3 is 2.68 bits per heavy atom. The van der Waals surface area contributed by atoms with Crippen molar-refractivity contribution in [2.45, 2.75) is 52.4 Å². The first kappa shape index (κ1) is 15.5. The maximum absolute atomic E-state index is 11.9. The van der Waals surface area contributed by atoms with Crippen LogP contribution in [0.25, 0.3) is 0 Å². The summed E-state index contributed by atoms with van der Waals surface area (Å²) in [5.41, 5.74) is 7.46. The molecule has 0 saturated heterocycles. The van der Waals surface area contributed by atoms with Crippen molar-refractivity contribution < 1.29 is 4.79 Å². The number of rotatable bonds is 8. The van der Waals surface area contributed by atoms with Crippen molar-refractivity contribution in [3.05, 3.63) is 23.5 Å². The van der Waals surface area contributed by atoms with Crippen molar-refractivity contribution in [1.82, 2.24) is 10.3 Å². The van der Waals surface area contributed by atoms with Gasteiger partial charge in [0.2, 0.25) is 0 Å². The summed E-state index contributed by atoms with van der Waals surface area (Å²) in [6.45, 7) is 4.75. The van der Waals surface area contributed by atoms with E-state index in [1.54, 1.807) is 12.3 Å². The van der Waals surface area contributed by atoms with Gasteiger partial charge in [0.05, 0.1) is 23.1 Å². The summed E-state index contributed by atoms with van der Waals surface area (Å²) in [6, 6.07) is 1.68. The van der Waals surface area contributed by atoms with E-state index in [2.05, 4.69) is 17.2 Å². The van der Waals surface area contributed by atoms with Gasteiger partial charge in [0, 0.05) is 6.54 Å². The van der Waals surface area contributed by atoms with Crippen LogP contribution in [0.4, 0.5) is 5.69 Å². The standard InChI is InChI=1S/C15H25N3O/c1-3-4-5-6-7-8-9-17-15(19)14-10-13(16)11-18-12(14)2/h10-11H,3-9,16H2,1-2H3,(H,17,19). The number of amides is 1. The molecule has 1 amide bonds. The second-order valence-electron chi connectivity index (χ2n) is 4.93. The Balaban J connectivity index is 2.26. The molecule has 1 aromatic rings. The second kappa shape index (κ2) is 8.51. The molecule has 0 aliphatic heterocycles. The monoisotopic (exact) mass is 263 g/mol. The number of nitrogen functional groups attached to an aromatic ring is 1. The number of hydrogen-bond acceptors (Lipinski definition) is 3. The highest BCUT2D eigenvalue weighted by Gasteiger charge is 2.09. The fourth-order valence-corrected chi connectivity index (χ4v) is 1.98. The van der Waals surface area contributed by atoms with Crippen LogP contribution >= 0.6 is 0 Å². The Bertz CT molecular complexity index is 404.